The van der Waals surface area contributed by atoms with Crippen molar-refractivity contribution < 1.29 is 4.79 Å². The number of likely N-dealkylation sites (N-methyl/N-ethyl adjacent to an activating group) is 1. The predicted molar refractivity (Wildman–Crippen MR) is 71.1 cm³/mol. The number of hydrogen-bond acceptors (Lipinski definition) is 2. The molecule has 0 aromatic carbocycles. The van der Waals surface area contributed by atoms with Gasteiger partial charge in [-0.3, -0.25) is 0 Å². The maximum Gasteiger partial charge on any atom is 0.315 e. The van der Waals surface area contributed by atoms with Crippen LogP contribution in [-0.4, -0.2) is 43.7 Å². The summed E-state index contributed by atoms with van der Waals surface area (Å²) in [5.41, 5.74) is 0.143. The smallest absolute Gasteiger partial charge is 0.315 e. The van der Waals surface area contributed by atoms with Crippen LogP contribution < -0.4 is 10.6 Å². The Morgan fingerprint density at radius 3 is 2.47 bits per heavy atom. The minimum atomic E-state index is -0.100. The molecule has 4 heteroatoms. The first kappa shape index (κ1) is 14.0. The van der Waals surface area contributed by atoms with E-state index in [1.165, 1.54) is 32.1 Å². The van der Waals surface area contributed by atoms with Gasteiger partial charge in [-0.1, -0.05) is 25.3 Å². The van der Waals surface area contributed by atoms with Gasteiger partial charge in [0.05, 0.1) is 0 Å². The van der Waals surface area contributed by atoms with E-state index in [9.17, 15) is 4.79 Å². The van der Waals surface area contributed by atoms with E-state index in [0.29, 0.717) is 6.54 Å². The lowest BCUT2D eigenvalue weighted by molar-refractivity contribution is 0.101. The SMILES string of the molecule is C=CCNC(=O)NCC1(N(C)C)CCCCC1. The van der Waals surface area contributed by atoms with Gasteiger partial charge >= 0.3 is 6.03 Å². The average Bonchev–Trinajstić information content (AvgIpc) is 2.34. The predicted octanol–water partition coefficient (Wildman–Crippen LogP) is 1.74. The van der Waals surface area contributed by atoms with Gasteiger partial charge in [0.25, 0.3) is 0 Å². The molecule has 1 fully saturated rings. The number of nitrogens with one attached hydrogen (secondary N) is 2. The fourth-order valence-electron chi connectivity index (χ4n) is 2.46. The maximum atomic E-state index is 11.5. The van der Waals surface area contributed by atoms with Gasteiger partial charge < -0.3 is 15.5 Å². The fourth-order valence-corrected chi connectivity index (χ4v) is 2.46. The third-order valence-corrected chi connectivity index (χ3v) is 3.72. The lowest BCUT2D eigenvalue weighted by atomic mass is 9.80. The third kappa shape index (κ3) is 4.04. The number of carbonyl (C=O) groups is 1. The van der Waals surface area contributed by atoms with Crippen molar-refractivity contribution in [2.45, 2.75) is 37.6 Å². The monoisotopic (exact) mass is 239 g/mol. The van der Waals surface area contributed by atoms with Gasteiger partial charge in [0.1, 0.15) is 0 Å². The Labute approximate surface area is 104 Å². The molecule has 2 amide bonds. The Kier molecular flexibility index (Phi) is 5.48. The minimum Gasteiger partial charge on any atom is -0.336 e. The second-order valence-corrected chi connectivity index (χ2v) is 5.03. The molecule has 17 heavy (non-hydrogen) atoms. The summed E-state index contributed by atoms with van der Waals surface area (Å²) in [6.07, 6.45) is 7.85. The van der Waals surface area contributed by atoms with E-state index in [-0.39, 0.29) is 11.6 Å². The summed E-state index contributed by atoms with van der Waals surface area (Å²) in [5.74, 6) is 0. The topological polar surface area (TPSA) is 44.4 Å². The Hall–Kier alpha value is -1.03. The summed E-state index contributed by atoms with van der Waals surface area (Å²) in [4.78, 5) is 13.8. The van der Waals surface area contributed by atoms with E-state index in [1.54, 1.807) is 6.08 Å². The zero-order valence-electron chi connectivity index (χ0n) is 11.1. The second-order valence-electron chi connectivity index (χ2n) is 5.03. The molecule has 0 aromatic heterocycles. The van der Waals surface area contributed by atoms with Crippen LogP contribution in [0, 0.1) is 0 Å². The number of nitrogens with zero attached hydrogens (tertiary/aromatic N) is 1. The van der Waals surface area contributed by atoms with Crippen molar-refractivity contribution in [2.75, 3.05) is 27.2 Å². The van der Waals surface area contributed by atoms with Crippen LogP contribution >= 0.6 is 0 Å². The average molecular weight is 239 g/mol. The summed E-state index contributed by atoms with van der Waals surface area (Å²) in [6, 6.07) is -0.100. The maximum absolute atomic E-state index is 11.5. The summed E-state index contributed by atoms with van der Waals surface area (Å²) in [7, 11) is 4.21. The van der Waals surface area contributed by atoms with Crippen LogP contribution in [0.1, 0.15) is 32.1 Å². The Morgan fingerprint density at radius 2 is 1.94 bits per heavy atom. The molecule has 0 saturated heterocycles. The van der Waals surface area contributed by atoms with Crippen LogP contribution in [0.2, 0.25) is 0 Å². The van der Waals surface area contributed by atoms with Crippen molar-refractivity contribution >= 4 is 6.03 Å². The summed E-state index contributed by atoms with van der Waals surface area (Å²) in [5, 5.41) is 5.71. The molecule has 2 N–H and O–H groups in total. The molecule has 0 unspecified atom stereocenters. The van der Waals surface area contributed by atoms with Gasteiger partial charge in [-0.25, -0.2) is 4.79 Å². The Morgan fingerprint density at radius 1 is 1.29 bits per heavy atom. The van der Waals surface area contributed by atoms with Crippen molar-refractivity contribution in [1.82, 2.24) is 15.5 Å². The van der Waals surface area contributed by atoms with E-state index in [1.807, 2.05) is 0 Å². The van der Waals surface area contributed by atoms with Crippen LogP contribution in [0.3, 0.4) is 0 Å². The van der Waals surface area contributed by atoms with Gasteiger partial charge in [0.15, 0.2) is 0 Å². The molecule has 0 spiro atoms. The standard InChI is InChI=1S/C13H25N3O/c1-4-10-14-12(17)15-11-13(16(2)3)8-6-5-7-9-13/h4H,1,5-11H2,2-3H3,(H2,14,15,17). The second kappa shape index (κ2) is 6.64. The van der Waals surface area contributed by atoms with E-state index in [2.05, 4.69) is 36.2 Å². The molecule has 98 valence electrons. The highest BCUT2D eigenvalue weighted by Crippen LogP contribution is 2.31. The van der Waals surface area contributed by atoms with Gasteiger partial charge in [-0.05, 0) is 26.9 Å². The normalized spacial score (nSPS) is 18.8. The van der Waals surface area contributed by atoms with Gasteiger partial charge in [-0.2, -0.15) is 0 Å². The number of rotatable bonds is 5. The summed E-state index contributed by atoms with van der Waals surface area (Å²) in [6.45, 7) is 4.81. The highest BCUT2D eigenvalue weighted by Gasteiger charge is 2.34. The third-order valence-electron chi connectivity index (χ3n) is 3.72. The molecular formula is C13H25N3O. The van der Waals surface area contributed by atoms with E-state index < -0.39 is 0 Å². The molecule has 4 nitrogen and oxygen atoms in total. The van der Waals surface area contributed by atoms with E-state index in [0.717, 1.165) is 6.54 Å². The molecule has 0 atom stereocenters. The fraction of sp³-hybridized carbons (Fsp3) is 0.769. The lowest BCUT2D eigenvalue weighted by Gasteiger charge is -2.43. The minimum absolute atomic E-state index is 0.100. The Bertz CT molecular complexity index is 257. The number of hydrogen-bond donors (Lipinski definition) is 2. The molecule has 1 aliphatic carbocycles. The van der Waals surface area contributed by atoms with Crippen molar-refractivity contribution in [1.29, 1.82) is 0 Å². The molecule has 0 aliphatic heterocycles. The number of amides is 2. The van der Waals surface area contributed by atoms with Crippen LogP contribution in [-0.2, 0) is 0 Å². The van der Waals surface area contributed by atoms with E-state index >= 15 is 0 Å². The first-order chi connectivity index (χ1) is 8.10. The molecule has 1 saturated carbocycles. The van der Waals surface area contributed by atoms with Gasteiger partial charge in [-0.15, -0.1) is 6.58 Å². The van der Waals surface area contributed by atoms with Gasteiger partial charge in [0.2, 0.25) is 0 Å². The van der Waals surface area contributed by atoms with Crippen molar-refractivity contribution in [2.24, 2.45) is 0 Å². The largest absolute Gasteiger partial charge is 0.336 e. The van der Waals surface area contributed by atoms with Crippen LogP contribution in [0.5, 0.6) is 0 Å². The zero-order chi connectivity index (χ0) is 12.7. The molecule has 0 heterocycles. The van der Waals surface area contributed by atoms with Gasteiger partial charge in [0, 0.05) is 18.6 Å². The molecule has 0 bridgehead atoms. The van der Waals surface area contributed by atoms with Crippen LogP contribution in [0.25, 0.3) is 0 Å². The van der Waals surface area contributed by atoms with Crippen LogP contribution in [0.15, 0.2) is 12.7 Å². The van der Waals surface area contributed by atoms with E-state index in [4.69, 9.17) is 0 Å². The van der Waals surface area contributed by atoms with Crippen LogP contribution in [0.4, 0.5) is 4.79 Å². The molecule has 1 aliphatic rings. The number of carbonyl (C=O) groups excluding carboxylic acids is 1. The van der Waals surface area contributed by atoms with Crippen molar-refractivity contribution in [3.05, 3.63) is 12.7 Å². The lowest BCUT2D eigenvalue weighted by Crippen LogP contribution is -2.55. The van der Waals surface area contributed by atoms with Crippen molar-refractivity contribution in [3.63, 3.8) is 0 Å². The molecular weight excluding hydrogens is 214 g/mol. The summed E-state index contributed by atoms with van der Waals surface area (Å²) >= 11 is 0. The quantitative estimate of drug-likeness (QED) is 0.718. The highest BCUT2D eigenvalue weighted by molar-refractivity contribution is 5.74. The van der Waals surface area contributed by atoms with Crippen molar-refractivity contribution in [3.8, 4) is 0 Å². The highest BCUT2D eigenvalue weighted by atomic mass is 16.2. The Balaban J connectivity index is 2.44. The molecule has 1 rings (SSSR count). The first-order valence-corrected chi connectivity index (χ1v) is 6.41. The molecule has 0 aromatic rings. The zero-order valence-corrected chi connectivity index (χ0v) is 11.1. The first-order valence-electron chi connectivity index (χ1n) is 6.41. The number of urea groups is 1. The molecule has 0 radical (unpaired) electrons. The summed E-state index contributed by atoms with van der Waals surface area (Å²) < 4.78 is 0.